The fraction of sp³-hybridized carbons (Fsp3) is 0.333. The molecule has 0 bridgehead atoms. The van der Waals surface area contributed by atoms with E-state index >= 15 is 0 Å². The van der Waals surface area contributed by atoms with E-state index in [1.807, 2.05) is 6.92 Å². The second-order valence-corrected chi connectivity index (χ2v) is 4.88. The SMILES string of the molecule is CCCn1nc(C)c2c(C(F)F)cc(-c3ccco3)nc21. The molecule has 0 saturated carbocycles. The van der Waals surface area contributed by atoms with E-state index in [0.717, 1.165) is 6.42 Å². The second kappa shape index (κ2) is 5.27. The van der Waals surface area contributed by atoms with Crippen LogP contribution in [0.5, 0.6) is 0 Å². The van der Waals surface area contributed by atoms with Crippen molar-refractivity contribution in [3.8, 4) is 11.5 Å². The van der Waals surface area contributed by atoms with Crippen LogP contribution >= 0.6 is 0 Å². The molecule has 0 N–H and O–H groups in total. The highest BCUT2D eigenvalue weighted by Crippen LogP contribution is 2.33. The summed E-state index contributed by atoms with van der Waals surface area (Å²) in [5.74, 6) is 0.473. The number of aromatic nitrogens is 3. The van der Waals surface area contributed by atoms with E-state index in [0.29, 0.717) is 34.7 Å². The number of aryl methyl sites for hydroxylation is 2. The Bertz CT molecular complexity index is 763. The topological polar surface area (TPSA) is 43.9 Å². The Balaban J connectivity index is 2.31. The molecule has 0 amide bonds. The molecule has 0 atom stereocenters. The highest BCUT2D eigenvalue weighted by molar-refractivity contribution is 5.85. The van der Waals surface area contributed by atoms with Gasteiger partial charge < -0.3 is 4.42 Å². The fourth-order valence-corrected chi connectivity index (χ4v) is 2.48. The number of rotatable bonds is 4. The van der Waals surface area contributed by atoms with Gasteiger partial charge in [0.05, 0.1) is 17.3 Å². The average Bonchev–Trinajstić information content (AvgIpc) is 3.08. The fourth-order valence-electron chi connectivity index (χ4n) is 2.48. The van der Waals surface area contributed by atoms with Crippen molar-refractivity contribution in [1.29, 1.82) is 0 Å². The van der Waals surface area contributed by atoms with Crippen LogP contribution in [0.15, 0.2) is 28.9 Å². The van der Waals surface area contributed by atoms with Gasteiger partial charge in [-0.25, -0.2) is 18.4 Å². The van der Waals surface area contributed by atoms with Gasteiger partial charge in [0.25, 0.3) is 6.43 Å². The number of nitrogens with zero attached hydrogens (tertiary/aromatic N) is 3. The standard InChI is InChI=1S/C15H15F2N3O/c1-3-6-20-15-13(9(2)19-20)10(14(16)17)8-11(18-15)12-5-4-7-21-12/h4-5,7-8,14H,3,6H2,1-2H3. The summed E-state index contributed by atoms with van der Waals surface area (Å²) in [6.07, 6.45) is -0.229. The predicted molar refractivity (Wildman–Crippen MR) is 75.2 cm³/mol. The van der Waals surface area contributed by atoms with Crippen molar-refractivity contribution in [2.75, 3.05) is 0 Å². The maximum atomic E-state index is 13.4. The molecule has 0 aromatic carbocycles. The van der Waals surface area contributed by atoms with Crippen LogP contribution in [0.4, 0.5) is 8.78 Å². The van der Waals surface area contributed by atoms with Crippen LogP contribution in [0.3, 0.4) is 0 Å². The third-order valence-corrected chi connectivity index (χ3v) is 3.35. The van der Waals surface area contributed by atoms with Crippen molar-refractivity contribution in [3.63, 3.8) is 0 Å². The van der Waals surface area contributed by atoms with Crippen LogP contribution < -0.4 is 0 Å². The molecule has 0 aliphatic rings. The van der Waals surface area contributed by atoms with Crippen LogP contribution in [0.25, 0.3) is 22.5 Å². The minimum absolute atomic E-state index is 0.0498. The molecule has 0 aliphatic carbocycles. The number of hydrogen-bond donors (Lipinski definition) is 0. The number of fused-ring (bicyclic) bond motifs is 1. The second-order valence-electron chi connectivity index (χ2n) is 4.88. The highest BCUT2D eigenvalue weighted by atomic mass is 19.3. The lowest BCUT2D eigenvalue weighted by molar-refractivity contribution is 0.153. The number of pyridine rings is 1. The van der Waals surface area contributed by atoms with E-state index in [2.05, 4.69) is 10.1 Å². The van der Waals surface area contributed by atoms with Gasteiger partial charge in [-0.05, 0) is 31.5 Å². The molecule has 110 valence electrons. The smallest absolute Gasteiger partial charge is 0.264 e. The van der Waals surface area contributed by atoms with E-state index in [9.17, 15) is 8.78 Å². The van der Waals surface area contributed by atoms with Crippen LogP contribution in [-0.2, 0) is 6.54 Å². The number of hydrogen-bond acceptors (Lipinski definition) is 3. The van der Waals surface area contributed by atoms with Crippen LogP contribution in [0.1, 0.15) is 31.0 Å². The van der Waals surface area contributed by atoms with Crippen molar-refractivity contribution in [1.82, 2.24) is 14.8 Å². The van der Waals surface area contributed by atoms with Gasteiger partial charge in [-0.1, -0.05) is 6.92 Å². The molecule has 4 nitrogen and oxygen atoms in total. The summed E-state index contributed by atoms with van der Waals surface area (Å²) >= 11 is 0. The molecule has 3 heterocycles. The molecular formula is C15H15F2N3O. The van der Waals surface area contributed by atoms with E-state index in [-0.39, 0.29) is 5.56 Å². The minimum atomic E-state index is -2.58. The normalized spacial score (nSPS) is 11.7. The molecule has 0 fully saturated rings. The summed E-state index contributed by atoms with van der Waals surface area (Å²) in [6, 6.07) is 4.80. The maximum Gasteiger partial charge on any atom is 0.264 e. The van der Waals surface area contributed by atoms with E-state index in [4.69, 9.17) is 4.42 Å². The molecule has 0 spiro atoms. The maximum absolute atomic E-state index is 13.4. The molecule has 0 saturated heterocycles. The van der Waals surface area contributed by atoms with Crippen molar-refractivity contribution >= 4 is 11.0 Å². The largest absolute Gasteiger partial charge is 0.463 e. The number of alkyl halides is 2. The molecule has 3 aromatic rings. The summed E-state index contributed by atoms with van der Waals surface area (Å²) in [7, 11) is 0. The predicted octanol–water partition coefficient (Wildman–Crippen LogP) is 4.35. The summed E-state index contributed by atoms with van der Waals surface area (Å²) in [4.78, 5) is 4.47. The Labute approximate surface area is 120 Å². The molecule has 6 heteroatoms. The molecule has 0 unspecified atom stereocenters. The van der Waals surface area contributed by atoms with Gasteiger partial charge in [0.1, 0.15) is 5.69 Å². The number of halogens is 2. The average molecular weight is 291 g/mol. The Hall–Kier alpha value is -2.24. The summed E-state index contributed by atoms with van der Waals surface area (Å²) in [5, 5.41) is 4.77. The summed E-state index contributed by atoms with van der Waals surface area (Å²) in [5.41, 5.74) is 1.41. The lowest BCUT2D eigenvalue weighted by Gasteiger charge is -2.06. The van der Waals surface area contributed by atoms with E-state index < -0.39 is 6.43 Å². The molecule has 0 aliphatic heterocycles. The molecule has 0 radical (unpaired) electrons. The monoisotopic (exact) mass is 291 g/mol. The van der Waals surface area contributed by atoms with E-state index in [1.54, 1.807) is 23.7 Å². The van der Waals surface area contributed by atoms with Crippen molar-refractivity contribution in [2.45, 2.75) is 33.2 Å². The quantitative estimate of drug-likeness (QED) is 0.718. The van der Waals surface area contributed by atoms with Crippen LogP contribution in [0.2, 0.25) is 0 Å². The van der Waals surface area contributed by atoms with Gasteiger partial charge in [-0.2, -0.15) is 5.10 Å². The third kappa shape index (κ3) is 2.30. The first-order chi connectivity index (χ1) is 10.1. The van der Waals surface area contributed by atoms with Crippen molar-refractivity contribution in [2.24, 2.45) is 0 Å². The van der Waals surface area contributed by atoms with Gasteiger partial charge in [-0.15, -0.1) is 0 Å². The first-order valence-corrected chi connectivity index (χ1v) is 6.82. The number of furan rings is 1. The van der Waals surface area contributed by atoms with Crippen molar-refractivity contribution in [3.05, 3.63) is 35.7 Å². The van der Waals surface area contributed by atoms with Crippen molar-refractivity contribution < 1.29 is 13.2 Å². The Morgan fingerprint density at radius 1 is 1.38 bits per heavy atom. The first kappa shape index (κ1) is 13.7. The zero-order valence-corrected chi connectivity index (χ0v) is 11.8. The molecular weight excluding hydrogens is 276 g/mol. The summed E-state index contributed by atoms with van der Waals surface area (Å²) in [6.45, 7) is 4.38. The molecule has 21 heavy (non-hydrogen) atoms. The lowest BCUT2D eigenvalue weighted by Crippen LogP contribution is -2.01. The third-order valence-electron chi connectivity index (χ3n) is 3.35. The lowest BCUT2D eigenvalue weighted by atomic mass is 10.1. The van der Waals surface area contributed by atoms with Gasteiger partial charge in [-0.3, -0.25) is 0 Å². The molecule has 3 rings (SSSR count). The van der Waals surface area contributed by atoms with Gasteiger partial charge in [0.15, 0.2) is 11.4 Å². The van der Waals surface area contributed by atoms with Crippen LogP contribution in [0, 0.1) is 6.92 Å². The molecule has 3 aromatic heterocycles. The van der Waals surface area contributed by atoms with Crippen LogP contribution in [-0.4, -0.2) is 14.8 Å². The van der Waals surface area contributed by atoms with Gasteiger partial charge in [0, 0.05) is 12.1 Å². The Morgan fingerprint density at radius 3 is 2.81 bits per heavy atom. The summed E-state index contributed by atoms with van der Waals surface area (Å²) < 4.78 is 33.8. The highest BCUT2D eigenvalue weighted by Gasteiger charge is 2.21. The zero-order chi connectivity index (χ0) is 15.0. The Kier molecular flexibility index (Phi) is 3.45. The Morgan fingerprint density at radius 2 is 2.19 bits per heavy atom. The zero-order valence-electron chi connectivity index (χ0n) is 11.8. The van der Waals surface area contributed by atoms with E-state index in [1.165, 1.54) is 12.3 Å². The first-order valence-electron chi connectivity index (χ1n) is 6.82. The van der Waals surface area contributed by atoms with Gasteiger partial charge >= 0.3 is 0 Å². The van der Waals surface area contributed by atoms with Gasteiger partial charge in [0.2, 0.25) is 0 Å². The minimum Gasteiger partial charge on any atom is -0.463 e.